The molecule has 2 saturated heterocycles. The third kappa shape index (κ3) is 5.61. The Balaban J connectivity index is 1.37. The fourth-order valence-electron chi connectivity index (χ4n) is 4.61. The number of ether oxygens (including phenoxy) is 3. The maximum absolute atomic E-state index is 13.5. The van der Waals surface area contributed by atoms with E-state index in [0.717, 1.165) is 10.9 Å². The van der Waals surface area contributed by atoms with E-state index in [9.17, 15) is 9.59 Å². The van der Waals surface area contributed by atoms with E-state index in [0.29, 0.717) is 55.8 Å². The number of benzene rings is 2. The minimum absolute atomic E-state index is 0.0466. The van der Waals surface area contributed by atoms with Crippen molar-refractivity contribution < 1.29 is 23.8 Å². The van der Waals surface area contributed by atoms with Crippen molar-refractivity contribution in [3.63, 3.8) is 0 Å². The Morgan fingerprint density at radius 2 is 1.81 bits per heavy atom. The molecule has 188 valence electrons. The van der Waals surface area contributed by atoms with Gasteiger partial charge in [-0.15, -0.1) is 0 Å². The summed E-state index contributed by atoms with van der Waals surface area (Å²) in [6.07, 6.45) is 1.69. The fraction of sp³-hybridized carbons (Fsp3) is 0.370. The Hall–Kier alpha value is -3.20. The first kappa shape index (κ1) is 24.5. The molecule has 2 aromatic carbocycles. The molecule has 0 bridgehead atoms. The molecule has 1 atom stereocenters. The number of aromatic nitrogens is 1. The van der Waals surface area contributed by atoms with Gasteiger partial charge in [0, 0.05) is 36.2 Å². The van der Waals surface area contributed by atoms with Crippen LogP contribution in [0, 0.1) is 0 Å². The Labute approximate surface area is 214 Å². The summed E-state index contributed by atoms with van der Waals surface area (Å²) in [7, 11) is 0. The topological polar surface area (TPSA) is 81.2 Å². The summed E-state index contributed by atoms with van der Waals surface area (Å²) < 4.78 is 17.7. The van der Waals surface area contributed by atoms with E-state index >= 15 is 0 Å². The molecule has 2 aliphatic rings. The molecule has 36 heavy (non-hydrogen) atoms. The highest BCUT2D eigenvalue weighted by atomic mass is 35.5. The highest BCUT2D eigenvalue weighted by Crippen LogP contribution is 2.28. The lowest BCUT2D eigenvalue weighted by Crippen LogP contribution is -2.58. The fourth-order valence-corrected chi connectivity index (χ4v) is 4.79. The number of carbonyl (C=O) groups is 2. The highest BCUT2D eigenvalue weighted by molar-refractivity contribution is 6.30. The highest BCUT2D eigenvalue weighted by Gasteiger charge is 2.42. The number of amides is 2. The first-order chi connectivity index (χ1) is 17.5. The van der Waals surface area contributed by atoms with Crippen molar-refractivity contribution in [1.82, 2.24) is 14.8 Å². The van der Waals surface area contributed by atoms with Crippen LogP contribution in [0.5, 0.6) is 5.75 Å². The van der Waals surface area contributed by atoms with Crippen LogP contribution in [-0.2, 0) is 14.3 Å². The van der Waals surface area contributed by atoms with Gasteiger partial charge in [-0.2, -0.15) is 0 Å². The van der Waals surface area contributed by atoms with Gasteiger partial charge in [0.05, 0.1) is 43.9 Å². The quantitative estimate of drug-likeness (QED) is 0.506. The number of hydrogen-bond acceptors (Lipinski definition) is 6. The molecule has 2 fully saturated rings. The number of pyridine rings is 1. The molecule has 5 rings (SSSR count). The van der Waals surface area contributed by atoms with Gasteiger partial charge in [0.25, 0.3) is 5.91 Å². The number of halogens is 1. The summed E-state index contributed by atoms with van der Waals surface area (Å²) in [6, 6.07) is 16.6. The van der Waals surface area contributed by atoms with Crippen molar-refractivity contribution in [3.05, 3.63) is 71.4 Å². The molecule has 0 N–H and O–H groups in total. The van der Waals surface area contributed by atoms with Crippen LogP contribution in [0.2, 0.25) is 5.02 Å². The maximum atomic E-state index is 13.5. The third-order valence-electron chi connectivity index (χ3n) is 6.51. The number of nitrogens with zero attached hydrogens (tertiary/aromatic N) is 3. The molecule has 0 unspecified atom stereocenters. The first-order valence-electron chi connectivity index (χ1n) is 12.0. The van der Waals surface area contributed by atoms with Crippen molar-refractivity contribution in [3.8, 4) is 5.75 Å². The molecule has 8 nitrogen and oxygen atoms in total. The standard InChI is InChI=1S/C27H28ClN3O5/c28-22-5-3-6-23(15-22)35-19-27(16-25(32)30-8-11-34-12-9-30)18-31(10-13-36-27)26(33)21-14-20-4-1-2-7-24(20)29-17-21/h1-7,14-15,17H,8-13,16,18-19H2/t27-/m1/s1. The molecular formula is C27H28ClN3O5. The lowest BCUT2D eigenvalue weighted by Gasteiger charge is -2.43. The van der Waals surface area contributed by atoms with Crippen LogP contribution in [0.1, 0.15) is 16.8 Å². The van der Waals surface area contributed by atoms with Crippen molar-refractivity contribution in [2.24, 2.45) is 0 Å². The van der Waals surface area contributed by atoms with Crippen molar-refractivity contribution in [1.29, 1.82) is 0 Å². The smallest absolute Gasteiger partial charge is 0.255 e. The van der Waals surface area contributed by atoms with Crippen LogP contribution in [0.15, 0.2) is 60.8 Å². The van der Waals surface area contributed by atoms with Gasteiger partial charge in [0.1, 0.15) is 18.0 Å². The summed E-state index contributed by atoms with van der Waals surface area (Å²) in [5, 5.41) is 1.45. The van der Waals surface area contributed by atoms with Gasteiger partial charge in [0.2, 0.25) is 5.91 Å². The second-order valence-corrected chi connectivity index (χ2v) is 9.53. The number of hydrogen-bond donors (Lipinski definition) is 0. The summed E-state index contributed by atoms with van der Waals surface area (Å²) >= 11 is 6.12. The van der Waals surface area contributed by atoms with Crippen LogP contribution in [0.3, 0.4) is 0 Å². The largest absolute Gasteiger partial charge is 0.490 e. The van der Waals surface area contributed by atoms with E-state index in [-0.39, 0.29) is 31.4 Å². The number of morpholine rings is 2. The number of rotatable bonds is 6. The van der Waals surface area contributed by atoms with Gasteiger partial charge >= 0.3 is 0 Å². The van der Waals surface area contributed by atoms with E-state index in [2.05, 4.69) is 4.98 Å². The average molecular weight is 510 g/mol. The van der Waals surface area contributed by atoms with Gasteiger partial charge in [-0.05, 0) is 30.3 Å². The molecule has 0 aliphatic carbocycles. The minimum atomic E-state index is -1.00. The van der Waals surface area contributed by atoms with Crippen molar-refractivity contribution >= 4 is 34.3 Å². The van der Waals surface area contributed by atoms with E-state index in [1.807, 2.05) is 30.3 Å². The second-order valence-electron chi connectivity index (χ2n) is 9.09. The molecule has 3 heterocycles. The van der Waals surface area contributed by atoms with E-state index < -0.39 is 5.60 Å². The Kier molecular flexibility index (Phi) is 7.36. The molecule has 9 heteroatoms. The van der Waals surface area contributed by atoms with E-state index in [1.165, 1.54) is 0 Å². The van der Waals surface area contributed by atoms with Crippen LogP contribution in [-0.4, -0.2) is 84.8 Å². The lowest BCUT2D eigenvalue weighted by atomic mass is 9.96. The molecule has 2 amide bonds. The Morgan fingerprint density at radius 1 is 1.00 bits per heavy atom. The molecule has 2 aliphatic heterocycles. The van der Waals surface area contributed by atoms with E-state index in [1.54, 1.807) is 40.3 Å². The first-order valence-corrected chi connectivity index (χ1v) is 12.4. The molecular weight excluding hydrogens is 482 g/mol. The number of carbonyl (C=O) groups excluding carboxylic acids is 2. The summed E-state index contributed by atoms with van der Waals surface area (Å²) in [4.78, 5) is 34.7. The van der Waals surface area contributed by atoms with Gasteiger partial charge in [0.15, 0.2) is 0 Å². The van der Waals surface area contributed by atoms with Crippen molar-refractivity contribution in [2.75, 3.05) is 52.6 Å². The lowest BCUT2D eigenvalue weighted by molar-refractivity contribution is -0.155. The number of para-hydroxylation sites is 1. The average Bonchev–Trinajstić information content (AvgIpc) is 2.92. The normalized spacial score (nSPS) is 20.4. The monoisotopic (exact) mass is 509 g/mol. The van der Waals surface area contributed by atoms with Crippen molar-refractivity contribution in [2.45, 2.75) is 12.0 Å². The zero-order valence-corrected chi connectivity index (χ0v) is 20.7. The second kappa shape index (κ2) is 10.8. The van der Waals surface area contributed by atoms with Gasteiger partial charge in [-0.25, -0.2) is 0 Å². The van der Waals surface area contributed by atoms with E-state index in [4.69, 9.17) is 25.8 Å². The maximum Gasteiger partial charge on any atom is 0.255 e. The van der Waals surface area contributed by atoms with Crippen LogP contribution < -0.4 is 4.74 Å². The zero-order chi connectivity index (χ0) is 25.0. The molecule has 0 spiro atoms. The Bertz CT molecular complexity index is 1250. The molecule has 0 saturated carbocycles. The Morgan fingerprint density at radius 3 is 2.64 bits per heavy atom. The summed E-state index contributed by atoms with van der Waals surface area (Å²) in [5.41, 5.74) is 0.326. The van der Waals surface area contributed by atoms with Crippen LogP contribution in [0.4, 0.5) is 0 Å². The van der Waals surface area contributed by atoms with Crippen LogP contribution >= 0.6 is 11.6 Å². The van der Waals surface area contributed by atoms with Gasteiger partial charge in [-0.1, -0.05) is 35.9 Å². The minimum Gasteiger partial charge on any atom is -0.490 e. The zero-order valence-electron chi connectivity index (χ0n) is 19.9. The summed E-state index contributed by atoms with van der Waals surface area (Å²) in [5.74, 6) is 0.378. The summed E-state index contributed by atoms with van der Waals surface area (Å²) in [6.45, 7) is 3.12. The molecule has 0 radical (unpaired) electrons. The molecule has 3 aromatic rings. The van der Waals surface area contributed by atoms with Gasteiger partial charge in [-0.3, -0.25) is 14.6 Å². The SMILES string of the molecule is O=C(C[C@]1(COc2cccc(Cl)c2)CN(C(=O)c2cnc3ccccc3c2)CCO1)N1CCOCC1. The van der Waals surface area contributed by atoms with Gasteiger partial charge < -0.3 is 24.0 Å². The molecule has 1 aromatic heterocycles. The van der Waals surface area contributed by atoms with Crippen LogP contribution in [0.25, 0.3) is 10.9 Å². The number of fused-ring (bicyclic) bond motifs is 1. The third-order valence-corrected chi connectivity index (χ3v) is 6.74. The predicted octanol–water partition coefficient (Wildman–Crippen LogP) is 3.43. The predicted molar refractivity (Wildman–Crippen MR) is 135 cm³/mol.